The summed E-state index contributed by atoms with van der Waals surface area (Å²) in [7, 11) is 1.99. The molecule has 1 aromatic rings. The number of aryl methyl sites for hydroxylation is 1. The van der Waals surface area contributed by atoms with Gasteiger partial charge in [0.1, 0.15) is 5.82 Å². The summed E-state index contributed by atoms with van der Waals surface area (Å²) in [5.74, 6) is 1.84. The summed E-state index contributed by atoms with van der Waals surface area (Å²) in [6.45, 7) is 2.24. The van der Waals surface area contributed by atoms with E-state index in [1.54, 1.807) is 6.20 Å². The van der Waals surface area contributed by atoms with Gasteiger partial charge >= 0.3 is 0 Å². The molecule has 3 nitrogen and oxygen atoms in total. The minimum atomic E-state index is -0.511. The Kier molecular flexibility index (Phi) is 3.87. The third kappa shape index (κ3) is 3.09. The van der Waals surface area contributed by atoms with E-state index in [1.165, 1.54) is 25.7 Å². The number of rotatable bonds is 4. The lowest BCUT2D eigenvalue weighted by atomic mass is 9.75. The molecule has 0 amide bonds. The van der Waals surface area contributed by atoms with Crippen LogP contribution in [0.4, 0.5) is 0 Å². The van der Waals surface area contributed by atoms with Gasteiger partial charge in [0, 0.05) is 25.9 Å². The maximum atomic E-state index is 10.6. The normalized spacial score (nSPS) is 29.5. The molecular weight excluding hydrogens is 212 g/mol. The van der Waals surface area contributed by atoms with Crippen LogP contribution in [-0.4, -0.2) is 20.3 Å². The Morgan fingerprint density at radius 1 is 1.47 bits per heavy atom. The van der Waals surface area contributed by atoms with E-state index in [0.29, 0.717) is 6.42 Å². The topological polar surface area (TPSA) is 38.1 Å². The van der Waals surface area contributed by atoms with Gasteiger partial charge in [0.25, 0.3) is 0 Å². The minimum Gasteiger partial charge on any atom is -0.389 e. The Labute approximate surface area is 104 Å². The van der Waals surface area contributed by atoms with Crippen molar-refractivity contribution in [2.45, 2.75) is 57.5 Å². The summed E-state index contributed by atoms with van der Waals surface area (Å²) in [5, 5.41) is 10.6. The summed E-state index contributed by atoms with van der Waals surface area (Å²) >= 11 is 0. The van der Waals surface area contributed by atoms with Crippen molar-refractivity contribution in [1.82, 2.24) is 9.55 Å². The summed E-state index contributed by atoms with van der Waals surface area (Å²) < 4.78 is 2.01. The van der Waals surface area contributed by atoms with Crippen LogP contribution in [0.2, 0.25) is 0 Å². The summed E-state index contributed by atoms with van der Waals surface area (Å²) in [4.78, 5) is 4.31. The summed E-state index contributed by atoms with van der Waals surface area (Å²) in [6.07, 6.45) is 11.3. The second kappa shape index (κ2) is 5.21. The van der Waals surface area contributed by atoms with Crippen molar-refractivity contribution in [2.24, 2.45) is 13.0 Å². The third-order valence-electron chi connectivity index (χ3n) is 4.14. The van der Waals surface area contributed by atoms with Gasteiger partial charge in [-0.1, -0.05) is 19.8 Å². The van der Waals surface area contributed by atoms with Crippen molar-refractivity contribution < 1.29 is 5.11 Å². The number of imidazole rings is 1. The molecule has 1 saturated carbocycles. The fourth-order valence-electron chi connectivity index (χ4n) is 2.95. The Hall–Kier alpha value is -0.830. The zero-order chi connectivity index (χ0) is 12.3. The molecule has 96 valence electrons. The highest BCUT2D eigenvalue weighted by Gasteiger charge is 2.33. The van der Waals surface area contributed by atoms with E-state index >= 15 is 0 Å². The van der Waals surface area contributed by atoms with E-state index in [2.05, 4.69) is 11.9 Å². The standard InChI is InChI=1S/C14H24N2O/c1-3-4-12-5-7-14(17,8-6-12)11-13-15-9-10-16(13)2/h9-10,12,17H,3-8,11H2,1-2H3. The smallest absolute Gasteiger partial charge is 0.111 e. The molecule has 1 heterocycles. The quantitative estimate of drug-likeness (QED) is 0.873. The molecule has 0 atom stereocenters. The highest BCUT2D eigenvalue weighted by atomic mass is 16.3. The van der Waals surface area contributed by atoms with Gasteiger partial charge in [-0.25, -0.2) is 4.98 Å². The molecule has 0 bridgehead atoms. The van der Waals surface area contributed by atoms with E-state index in [-0.39, 0.29) is 0 Å². The Morgan fingerprint density at radius 3 is 2.71 bits per heavy atom. The second-order valence-corrected chi connectivity index (χ2v) is 5.59. The number of nitrogens with zero attached hydrogens (tertiary/aromatic N) is 2. The molecule has 3 heteroatoms. The van der Waals surface area contributed by atoms with Crippen LogP contribution >= 0.6 is 0 Å². The van der Waals surface area contributed by atoms with E-state index in [1.807, 2.05) is 17.8 Å². The first-order valence-electron chi connectivity index (χ1n) is 6.81. The first-order chi connectivity index (χ1) is 8.13. The molecule has 1 fully saturated rings. The average Bonchev–Trinajstić information content (AvgIpc) is 2.68. The van der Waals surface area contributed by atoms with E-state index in [4.69, 9.17) is 0 Å². The van der Waals surface area contributed by atoms with Crippen LogP contribution in [-0.2, 0) is 13.5 Å². The van der Waals surface area contributed by atoms with Gasteiger partial charge in [-0.05, 0) is 31.6 Å². The molecule has 2 rings (SSSR count). The van der Waals surface area contributed by atoms with Crippen molar-refractivity contribution in [3.8, 4) is 0 Å². The summed E-state index contributed by atoms with van der Waals surface area (Å²) in [5.41, 5.74) is -0.511. The lowest BCUT2D eigenvalue weighted by molar-refractivity contribution is -0.0119. The molecular formula is C14H24N2O. The second-order valence-electron chi connectivity index (χ2n) is 5.59. The van der Waals surface area contributed by atoms with Crippen LogP contribution in [0.5, 0.6) is 0 Å². The third-order valence-corrected chi connectivity index (χ3v) is 4.14. The van der Waals surface area contributed by atoms with Crippen molar-refractivity contribution in [1.29, 1.82) is 0 Å². The highest BCUT2D eigenvalue weighted by molar-refractivity contribution is 4.99. The molecule has 0 unspecified atom stereocenters. The van der Waals surface area contributed by atoms with Crippen molar-refractivity contribution in [2.75, 3.05) is 0 Å². The Balaban J connectivity index is 1.91. The molecule has 17 heavy (non-hydrogen) atoms. The van der Waals surface area contributed by atoms with Crippen LogP contribution in [0.3, 0.4) is 0 Å². The molecule has 0 radical (unpaired) electrons. The molecule has 1 aliphatic carbocycles. The SMILES string of the molecule is CCCC1CCC(O)(Cc2nccn2C)CC1. The van der Waals surface area contributed by atoms with Crippen LogP contribution in [0, 0.1) is 5.92 Å². The van der Waals surface area contributed by atoms with Gasteiger partial charge < -0.3 is 9.67 Å². The number of aliphatic hydroxyl groups is 1. The Bertz CT molecular complexity index is 351. The van der Waals surface area contributed by atoms with Gasteiger partial charge in [-0.3, -0.25) is 0 Å². The predicted molar refractivity (Wildman–Crippen MR) is 68.7 cm³/mol. The van der Waals surface area contributed by atoms with Crippen LogP contribution < -0.4 is 0 Å². The molecule has 1 N–H and O–H groups in total. The molecule has 0 saturated heterocycles. The van der Waals surface area contributed by atoms with Gasteiger partial charge in [0.05, 0.1) is 5.60 Å². The molecule has 1 aromatic heterocycles. The maximum Gasteiger partial charge on any atom is 0.111 e. The van der Waals surface area contributed by atoms with Crippen LogP contribution in [0.25, 0.3) is 0 Å². The maximum absolute atomic E-state index is 10.6. The zero-order valence-corrected chi connectivity index (χ0v) is 11.0. The van der Waals surface area contributed by atoms with Gasteiger partial charge in [-0.15, -0.1) is 0 Å². The molecule has 0 aromatic carbocycles. The van der Waals surface area contributed by atoms with Crippen molar-refractivity contribution >= 4 is 0 Å². The monoisotopic (exact) mass is 236 g/mol. The van der Waals surface area contributed by atoms with E-state index in [0.717, 1.165) is 24.6 Å². The first kappa shape index (κ1) is 12.6. The van der Waals surface area contributed by atoms with Crippen molar-refractivity contribution in [3.63, 3.8) is 0 Å². The number of hydrogen-bond donors (Lipinski definition) is 1. The largest absolute Gasteiger partial charge is 0.389 e. The van der Waals surface area contributed by atoms with Crippen LogP contribution in [0.15, 0.2) is 12.4 Å². The first-order valence-corrected chi connectivity index (χ1v) is 6.81. The highest BCUT2D eigenvalue weighted by Crippen LogP contribution is 2.36. The number of aromatic nitrogens is 2. The molecule has 0 aliphatic heterocycles. The van der Waals surface area contributed by atoms with E-state index < -0.39 is 5.60 Å². The predicted octanol–water partition coefficient (Wildman–Crippen LogP) is 2.68. The van der Waals surface area contributed by atoms with Gasteiger partial charge in [0.2, 0.25) is 0 Å². The lowest BCUT2D eigenvalue weighted by Crippen LogP contribution is -2.37. The minimum absolute atomic E-state index is 0.511. The fraction of sp³-hybridized carbons (Fsp3) is 0.786. The van der Waals surface area contributed by atoms with Crippen LogP contribution in [0.1, 0.15) is 51.3 Å². The van der Waals surface area contributed by atoms with Gasteiger partial charge in [-0.2, -0.15) is 0 Å². The van der Waals surface area contributed by atoms with Crippen molar-refractivity contribution in [3.05, 3.63) is 18.2 Å². The average molecular weight is 236 g/mol. The van der Waals surface area contributed by atoms with E-state index in [9.17, 15) is 5.11 Å². The fourth-order valence-corrected chi connectivity index (χ4v) is 2.95. The number of hydrogen-bond acceptors (Lipinski definition) is 2. The Morgan fingerprint density at radius 2 is 2.18 bits per heavy atom. The lowest BCUT2D eigenvalue weighted by Gasteiger charge is -2.35. The molecule has 0 spiro atoms. The van der Waals surface area contributed by atoms with Gasteiger partial charge in [0.15, 0.2) is 0 Å². The zero-order valence-electron chi connectivity index (χ0n) is 11.0. The summed E-state index contributed by atoms with van der Waals surface area (Å²) in [6, 6.07) is 0. The molecule has 1 aliphatic rings.